The Morgan fingerprint density at radius 3 is 2.59 bits per heavy atom. The van der Waals surface area contributed by atoms with Crippen LogP contribution in [0.15, 0.2) is 28.2 Å². The summed E-state index contributed by atoms with van der Waals surface area (Å²) in [6.07, 6.45) is 0. The summed E-state index contributed by atoms with van der Waals surface area (Å²) in [5, 5.41) is 7.82. The molecule has 0 saturated heterocycles. The second-order valence-electron chi connectivity index (χ2n) is 5.63. The smallest absolute Gasteiger partial charge is 0.294 e. The molecule has 2 aromatic rings. The molecule has 146 valence electrons. The number of methoxy groups -OCH3 is 2. The van der Waals surface area contributed by atoms with E-state index in [0.717, 1.165) is 22.0 Å². The van der Waals surface area contributed by atoms with Crippen molar-refractivity contribution in [2.75, 3.05) is 32.4 Å². The standard InChI is InChI=1S/C17H23N5O4S/c1-5-21(9-12-6-7-13(25-3)14(8-12)26-4)15(23)10-27-17-20-19-11(2)16(24)22(17)18/h6-8H,5,9-10,18H2,1-4H3. The minimum atomic E-state index is -0.433. The van der Waals surface area contributed by atoms with Crippen LogP contribution in [0.1, 0.15) is 18.2 Å². The average molecular weight is 393 g/mol. The first-order valence-electron chi connectivity index (χ1n) is 8.24. The lowest BCUT2D eigenvalue weighted by Crippen LogP contribution is -2.34. The maximum atomic E-state index is 12.6. The summed E-state index contributed by atoms with van der Waals surface area (Å²) < 4.78 is 11.4. The molecule has 2 rings (SSSR count). The molecule has 0 unspecified atom stereocenters. The van der Waals surface area contributed by atoms with E-state index >= 15 is 0 Å². The van der Waals surface area contributed by atoms with Crippen LogP contribution >= 0.6 is 11.8 Å². The van der Waals surface area contributed by atoms with Crippen LogP contribution in [0.3, 0.4) is 0 Å². The van der Waals surface area contributed by atoms with Crippen molar-refractivity contribution in [3.05, 3.63) is 39.8 Å². The van der Waals surface area contributed by atoms with E-state index in [2.05, 4.69) is 10.2 Å². The first kappa shape index (κ1) is 20.6. The van der Waals surface area contributed by atoms with E-state index in [1.54, 1.807) is 25.2 Å². The van der Waals surface area contributed by atoms with E-state index in [1.807, 2.05) is 19.1 Å². The number of nitrogens with zero attached hydrogens (tertiary/aromatic N) is 4. The highest BCUT2D eigenvalue weighted by Crippen LogP contribution is 2.28. The van der Waals surface area contributed by atoms with Crippen LogP contribution in [-0.2, 0) is 11.3 Å². The van der Waals surface area contributed by atoms with Crippen molar-refractivity contribution in [2.24, 2.45) is 0 Å². The molecular weight excluding hydrogens is 370 g/mol. The van der Waals surface area contributed by atoms with E-state index in [0.29, 0.717) is 24.6 Å². The molecule has 0 atom stereocenters. The van der Waals surface area contributed by atoms with Crippen molar-refractivity contribution in [3.63, 3.8) is 0 Å². The van der Waals surface area contributed by atoms with Gasteiger partial charge in [0.15, 0.2) is 11.5 Å². The molecule has 0 fully saturated rings. The number of nitrogen functional groups attached to an aromatic ring is 1. The summed E-state index contributed by atoms with van der Waals surface area (Å²) in [7, 11) is 3.14. The lowest BCUT2D eigenvalue weighted by Gasteiger charge is -2.21. The first-order chi connectivity index (χ1) is 12.9. The molecule has 2 N–H and O–H groups in total. The van der Waals surface area contributed by atoms with Crippen LogP contribution in [0.2, 0.25) is 0 Å². The third-order valence-electron chi connectivity index (χ3n) is 3.90. The largest absolute Gasteiger partial charge is 0.493 e. The third kappa shape index (κ3) is 4.91. The summed E-state index contributed by atoms with van der Waals surface area (Å²) in [5.41, 5.74) is 0.688. The van der Waals surface area contributed by atoms with Gasteiger partial charge in [-0.25, -0.2) is 0 Å². The van der Waals surface area contributed by atoms with Gasteiger partial charge in [-0.2, -0.15) is 4.68 Å². The Balaban J connectivity index is 2.06. The predicted molar refractivity (Wildman–Crippen MR) is 103 cm³/mol. The normalized spacial score (nSPS) is 10.5. The Kier molecular flexibility index (Phi) is 7.05. The molecule has 0 radical (unpaired) electrons. The number of hydrogen-bond donors (Lipinski definition) is 1. The number of carbonyl (C=O) groups excluding carboxylic acids is 1. The number of hydrogen-bond acceptors (Lipinski definition) is 8. The molecule has 0 aliphatic heterocycles. The second kappa shape index (κ2) is 9.26. The zero-order chi connectivity index (χ0) is 20.0. The molecule has 0 aliphatic rings. The van der Waals surface area contributed by atoms with Gasteiger partial charge in [0.1, 0.15) is 5.69 Å². The number of benzene rings is 1. The number of rotatable bonds is 8. The molecule has 10 heteroatoms. The van der Waals surface area contributed by atoms with Gasteiger partial charge in [-0.05, 0) is 31.5 Å². The third-order valence-corrected chi connectivity index (χ3v) is 4.83. The maximum absolute atomic E-state index is 12.6. The van der Waals surface area contributed by atoms with Crippen LogP contribution in [0.25, 0.3) is 0 Å². The summed E-state index contributed by atoms with van der Waals surface area (Å²) >= 11 is 1.07. The van der Waals surface area contributed by atoms with Gasteiger partial charge < -0.3 is 20.2 Å². The van der Waals surface area contributed by atoms with Crippen LogP contribution in [-0.4, -0.2) is 52.2 Å². The number of carbonyl (C=O) groups is 1. The molecule has 1 aromatic carbocycles. The van der Waals surface area contributed by atoms with Crippen molar-refractivity contribution >= 4 is 17.7 Å². The minimum absolute atomic E-state index is 0.0928. The fraction of sp³-hybridized carbons (Fsp3) is 0.412. The van der Waals surface area contributed by atoms with Crippen LogP contribution in [0.5, 0.6) is 11.5 Å². The van der Waals surface area contributed by atoms with Gasteiger partial charge in [0, 0.05) is 13.1 Å². The number of thioether (sulfide) groups is 1. The highest BCUT2D eigenvalue weighted by molar-refractivity contribution is 7.99. The Morgan fingerprint density at radius 1 is 1.26 bits per heavy atom. The summed E-state index contributed by atoms with van der Waals surface area (Å²) in [6, 6.07) is 5.52. The lowest BCUT2D eigenvalue weighted by molar-refractivity contribution is -0.128. The SMILES string of the molecule is CCN(Cc1ccc(OC)c(OC)c1)C(=O)CSc1nnc(C)c(=O)n1N. The number of ether oxygens (including phenoxy) is 2. The highest BCUT2D eigenvalue weighted by Gasteiger charge is 2.16. The highest BCUT2D eigenvalue weighted by atomic mass is 32.2. The van der Waals surface area contributed by atoms with E-state index in [4.69, 9.17) is 15.3 Å². The maximum Gasteiger partial charge on any atom is 0.294 e. The average Bonchev–Trinajstić information content (AvgIpc) is 2.69. The van der Waals surface area contributed by atoms with E-state index in [9.17, 15) is 9.59 Å². The molecule has 9 nitrogen and oxygen atoms in total. The fourth-order valence-electron chi connectivity index (χ4n) is 2.36. The topological polar surface area (TPSA) is 113 Å². The van der Waals surface area contributed by atoms with Crippen molar-refractivity contribution in [1.29, 1.82) is 0 Å². The van der Waals surface area contributed by atoms with E-state index in [-0.39, 0.29) is 22.5 Å². The number of aromatic nitrogens is 3. The van der Waals surface area contributed by atoms with Gasteiger partial charge in [-0.3, -0.25) is 9.59 Å². The Bertz CT molecular complexity index is 871. The zero-order valence-electron chi connectivity index (χ0n) is 15.8. The second-order valence-corrected chi connectivity index (χ2v) is 6.57. The molecule has 1 aromatic heterocycles. The van der Waals surface area contributed by atoms with Gasteiger partial charge >= 0.3 is 0 Å². The molecule has 0 bridgehead atoms. The number of nitrogens with two attached hydrogens (primary N) is 1. The Labute approximate surface area is 161 Å². The molecule has 27 heavy (non-hydrogen) atoms. The van der Waals surface area contributed by atoms with Gasteiger partial charge in [-0.15, -0.1) is 10.2 Å². The van der Waals surface area contributed by atoms with Crippen LogP contribution < -0.4 is 20.9 Å². The molecular formula is C17H23N5O4S. The molecule has 1 amide bonds. The Hall–Kier alpha value is -2.75. The van der Waals surface area contributed by atoms with Crippen molar-refractivity contribution < 1.29 is 14.3 Å². The van der Waals surface area contributed by atoms with Gasteiger partial charge in [0.2, 0.25) is 11.1 Å². The Morgan fingerprint density at radius 2 is 1.96 bits per heavy atom. The zero-order valence-corrected chi connectivity index (χ0v) is 16.6. The summed E-state index contributed by atoms with van der Waals surface area (Å²) in [5.74, 6) is 6.92. The number of aryl methyl sites for hydroxylation is 1. The summed E-state index contributed by atoms with van der Waals surface area (Å²) in [4.78, 5) is 26.0. The van der Waals surface area contributed by atoms with Crippen LogP contribution in [0.4, 0.5) is 0 Å². The van der Waals surface area contributed by atoms with Gasteiger partial charge in [0.25, 0.3) is 5.56 Å². The lowest BCUT2D eigenvalue weighted by atomic mass is 10.2. The molecule has 0 spiro atoms. The summed E-state index contributed by atoms with van der Waals surface area (Å²) in [6.45, 7) is 4.38. The first-order valence-corrected chi connectivity index (χ1v) is 9.22. The monoisotopic (exact) mass is 393 g/mol. The van der Waals surface area contributed by atoms with Gasteiger partial charge in [0.05, 0.1) is 20.0 Å². The molecule has 1 heterocycles. The quantitative estimate of drug-likeness (QED) is 0.518. The minimum Gasteiger partial charge on any atom is -0.493 e. The molecule has 0 aliphatic carbocycles. The van der Waals surface area contributed by atoms with Crippen molar-refractivity contribution in [3.8, 4) is 11.5 Å². The van der Waals surface area contributed by atoms with E-state index < -0.39 is 5.56 Å². The van der Waals surface area contributed by atoms with Crippen molar-refractivity contribution in [2.45, 2.75) is 25.5 Å². The fourth-order valence-corrected chi connectivity index (χ4v) is 3.12. The van der Waals surface area contributed by atoms with Gasteiger partial charge in [-0.1, -0.05) is 17.8 Å². The van der Waals surface area contributed by atoms with Crippen LogP contribution in [0, 0.1) is 6.92 Å². The van der Waals surface area contributed by atoms with E-state index in [1.165, 1.54) is 6.92 Å². The van der Waals surface area contributed by atoms with Crippen molar-refractivity contribution in [1.82, 2.24) is 19.8 Å². The molecule has 0 saturated carbocycles. The number of amides is 1. The predicted octanol–water partition coefficient (Wildman–Crippen LogP) is 0.819.